The van der Waals surface area contributed by atoms with Crippen molar-refractivity contribution in [3.05, 3.63) is 0 Å². The third kappa shape index (κ3) is 1.73. The maximum atomic E-state index is 11.9. The first-order valence-electron chi connectivity index (χ1n) is 6.88. The SMILES string of the molecule is [2H]C([2H])([2H])C(=O)N1[C@H](C(=O)O)C[C@@H]2CCCC[C@@H]21. The molecule has 1 saturated carbocycles. The molecule has 0 aromatic heterocycles. The smallest absolute Gasteiger partial charge is 0.326 e. The predicted octanol–water partition coefficient (Wildman–Crippen LogP) is 1.25. The molecule has 1 N–H and O–H groups in total. The molecule has 84 valence electrons. The van der Waals surface area contributed by atoms with Crippen LogP contribution in [0.2, 0.25) is 0 Å². The zero-order valence-corrected chi connectivity index (χ0v) is 8.48. The van der Waals surface area contributed by atoms with Gasteiger partial charge in [-0.2, -0.15) is 0 Å². The summed E-state index contributed by atoms with van der Waals surface area (Å²) in [4.78, 5) is 24.3. The lowest BCUT2D eigenvalue weighted by molar-refractivity contribution is -0.149. The molecule has 0 bridgehead atoms. The molecular weight excluding hydrogens is 194 g/mol. The van der Waals surface area contributed by atoms with Crippen molar-refractivity contribution in [2.75, 3.05) is 0 Å². The summed E-state index contributed by atoms with van der Waals surface area (Å²) in [6.45, 7) is -2.75. The third-order valence-electron chi connectivity index (χ3n) is 3.61. The Labute approximate surface area is 93.5 Å². The summed E-state index contributed by atoms with van der Waals surface area (Å²) >= 11 is 0. The van der Waals surface area contributed by atoms with Crippen LogP contribution in [0.4, 0.5) is 0 Å². The molecule has 1 amide bonds. The summed E-state index contributed by atoms with van der Waals surface area (Å²) in [6.07, 6.45) is 3.96. The first-order valence-corrected chi connectivity index (χ1v) is 5.38. The Morgan fingerprint density at radius 3 is 2.80 bits per heavy atom. The number of hydrogen-bond donors (Lipinski definition) is 1. The van der Waals surface area contributed by atoms with Gasteiger partial charge in [0.1, 0.15) is 6.04 Å². The zero-order valence-electron chi connectivity index (χ0n) is 11.5. The van der Waals surface area contributed by atoms with Gasteiger partial charge in [0.05, 0.1) is 0 Å². The molecule has 1 heterocycles. The highest BCUT2D eigenvalue weighted by atomic mass is 16.4. The average Bonchev–Trinajstić information content (AvgIpc) is 2.65. The van der Waals surface area contributed by atoms with Gasteiger partial charge in [-0.25, -0.2) is 4.79 Å². The Kier molecular flexibility index (Phi) is 1.85. The number of aliphatic carboxylic acids is 1. The minimum absolute atomic E-state index is 0.145. The van der Waals surface area contributed by atoms with Crippen LogP contribution in [-0.4, -0.2) is 34.0 Å². The van der Waals surface area contributed by atoms with Gasteiger partial charge in [-0.1, -0.05) is 12.8 Å². The van der Waals surface area contributed by atoms with E-state index >= 15 is 0 Å². The lowest BCUT2D eigenvalue weighted by Gasteiger charge is -2.32. The monoisotopic (exact) mass is 214 g/mol. The first kappa shape index (κ1) is 7.25. The highest BCUT2D eigenvalue weighted by Crippen LogP contribution is 2.39. The van der Waals surface area contributed by atoms with Crippen LogP contribution in [0.3, 0.4) is 0 Å². The minimum atomic E-state index is -2.75. The molecule has 2 aliphatic rings. The van der Waals surface area contributed by atoms with Crippen molar-refractivity contribution >= 4 is 11.9 Å². The zero-order chi connectivity index (χ0) is 13.5. The topological polar surface area (TPSA) is 57.6 Å². The average molecular weight is 214 g/mol. The molecule has 0 radical (unpaired) electrons. The van der Waals surface area contributed by atoms with Crippen molar-refractivity contribution < 1.29 is 18.8 Å². The molecule has 4 heteroatoms. The molecule has 0 aromatic carbocycles. The van der Waals surface area contributed by atoms with Gasteiger partial charge in [0.2, 0.25) is 5.91 Å². The van der Waals surface area contributed by atoms with E-state index in [1.54, 1.807) is 0 Å². The van der Waals surface area contributed by atoms with E-state index in [0.29, 0.717) is 6.42 Å². The lowest BCUT2D eigenvalue weighted by atomic mass is 9.85. The molecule has 2 fully saturated rings. The van der Waals surface area contributed by atoms with E-state index in [1.807, 2.05) is 0 Å². The number of carbonyl (C=O) groups excluding carboxylic acids is 1. The van der Waals surface area contributed by atoms with Crippen LogP contribution < -0.4 is 0 Å². The number of carbonyl (C=O) groups is 2. The van der Waals surface area contributed by atoms with Crippen LogP contribution >= 0.6 is 0 Å². The number of carboxylic acids is 1. The highest BCUT2D eigenvalue weighted by molar-refractivity contribution is 5.83. The van der Waals surface area contributed by atoms with Gasteiger partial charge >= 0.3 is 5.97 Å². The Bertz CT molecular complexity index is 369. The molecule has 4 nitrogen and oxygen atoms in total. The van der Waals surface area contributed by atoms with Gasteiger partial charge in [-0.05, 0) is 25.2 Å². The van der Waals surface area contributed by atoms with E-state index in [4.69, 9.17) is 9.22 Å². The number of carboxylic acid groups (broad SMARTS) is 1. The summed E-state index contributed by atoms with van der Waals surface area (Å²) in [5, 5.41) is 9.17. The largest absolute Gasteiger partial charge is 0.480 e. The van der Waals surface area contributed by atoms with Crippen molar-refractivity contribution in [3.8, 4) is 0 Å². The second-order valence-corrected chi connectivity index (χ2v) is 4.41. The predicted molar refractivity (Wildman–Crippen MR) is 54.3 cm³/mol. The van der Waals surface area contributed by atoms with Crippen LogP contribution in [0.15, 0.2) is 0 Å². The first-order chi connectivity index (χ1) is 8.32. The van der Waals surface area contributed by atoms with E-state index in [2.05, 4.69) is 0 Å². The van der Waals surface area contributed by atoms with Crippen LogP contribution in [0, 0.1) is 5.92 Å². The number of likely N-dealkylation sites (tertiary alicyclic amines) is 1. The highest BCUT2D eigenvalue weighted by Gasteiger charge is 2.46. The van der Waals surface area contributed by atoms with Gasteiger partial charge in [0, 0.05) is 17.0 Å². The Hall–Kier alpha value is -1.06. The summed E-state index contributed by atoms with van der Waals surface area (Å²) < 4.78 is 21.6. The maximum Gasteiger partial charge on any atom is 0.326 e. The fraction of sp³-hybridized carbons (Fsp3) is 0.818. The third-order valence-corrected chi connectivity index (χ3v) is 3.61. The maximum absolute atomic E-state index is 11.9. The van der Waals surface area contributed by atoms with E-state index in [0.717, 1.165) is 30.6 Å². The second kappa shape index (κ2) is 3.83. The molecule has 3 atom stereocenters. The second-order valence-electron chi connectivity index (χ2n) is 4.41. The van der Waals surface area contributed by atoms with Gasteiger partial charge in [-0.3, -0.25) is 4.79 Å². The van der Waals surface area contributed by atoms with Gasteiger partial charge in [0.25, 0.3) is 0 Å². The Morgan fingerprint density at radius 2 is 2.13 bits per heavy atom. The molecule has 2 rings (SSSR count). The van der Waals surface area contributed by atoms with Crippen molar-refractivity contribution in [1.82, 2.24) is 4.90 Å². The number of rotatable bonds is 1. The molecule has 15 heavy (non-hydrogen) atoms. The summed E-state index contributed by atoms with van der Waals surface area (Å²) in [6, 6.07) is -1.17. The number of hydrogen-bond acceptors (Lipinski definition) is 2. The molecule has 0 unspecified atom stereocenters. The van der Waals surface area contributed by atoms with Gasteiger partial charge in [0.15, 0.2) is 0 Å². The van der Waals surface area contributed by atoms with Crippen molar-refractivity contribution in [2.24, 2.45) is 5.92 Å². The van der Waals surface area contributed by atoms with E-state index < -0.39 is 24.8 Å². The number of amides is 1. The lowest BCUT2D eigenvalue weighted by Crippen LogP contribution is -2.45. The molecule has 0 aromatic rings. The standard InChI is InChI=1S/C11H17NO3/c1-7(13)12-9-5-3-2-4-8(9)6-10(12)11(14)15/h8-10H,2-6H2,1H3,(H,14,15)/t8-,9-,10-/m0/s1/i1D3. The van der Waals surface area contributed by atoms with Gasteiger partial charge in [-0.15, -0.1) is 0 Å². The van der Waals surface area contributed by atoms with E-state index in [-0.39, 0.29) is 12.0 Å². The quantitative estimate of drug-likeness (QED) is 0.714. The fourth-order valence-electron chi connectivity index (χ4n) is 2.97. The Balaban J connectivity index is 2.27. The summed E-state index contributed by atoms with van der Waals surface area (Å²) in [5.74, 6) is -1.96. The van der Waals surface area contributed by atoms with Crippen molar-refractivity contribution in [2.45, 2.75) is 51.0 Å². The molecule has 1 aliphatic heterocycles. The van der Waals surface area contributed by atoms with Crippen molar-refractivity contribution in [3.63, 3.8) is 0 Å². The van der Waals surface area contributed by atoms with Crippen LogP contribution in [0.25, 0.3) is 0 Å². The molecular formula is C11H17NO3. The van der Waals surface area contributed by atoms with Crippen molar-refractivity contribution in [1.29, 1.82) is 0 Å². The molecule has 1 saturated heterocycles. The Morgan fingerprint density at radius 1 is 1.40 bits per heavy atom. The molecule has 1 aliphatic carbocycles. The van der Waals surface area contributed by atoms with E-state index in [1.165, 1.54) is 0 Å². The number of fused-ring (bicyclic) bond motifs is 1. The minimum Gasteiger partial charge on any atom is -0.480 e. The molecule has 0 spiro atoms. The van der Waals surface area contributed by atoms with Crippen LogP contribution in [0.5, 0.6) is 0 Å². The normalized spacial score (nSPS) is 38.8. The van der Waals surface area contributed by atoms with E-state index in [9.17, 15) is 9.59 Å². The fourth-order valence-corrected chi connectivity index (χ4v) is 2.97. The number of nitrogens with zero attached hydrogens (tertiary/aromatic N) is 1. The van der Waals surface area contributed by atoms with Crippen LogP contribution in [-0.2, 0) is 9.59 Å². The van der Waals surface area contributed by atoms with Gasteiger partial charge < -0.3 is 10.0 Å². The van der Waals surface area contributed by atoms with Crippen LogP contribution in [0.1, 0.15) is 43.1 Å². The summed E-state index contributed by atoms with van der Waals surface area (Å²) in [5.41, 5.74) is 0. The summed E-state index contributed by atoms with van der Waals surface area (Å²) in [7, 11) is 0.